The SMILES string of the molecule is COc1ccc(-c2nc(C)sc2C(=O)Nc2nnc(C3CCC3)s2)cc1. The molecule has 2 heterocycles. The Labute approximate surface area is 159 Å². The zero-order valence-electron chi connectivity index (χ0n) is 14.5. The van der Waals surface area contributed by atoms with Gasteiger partial charge in [-0.15, -0.1) is 21.5 Å². The molecule has 0 aliphatic heterocycles. The maximum Gasteiger partial charge on any atom is 0.269 e. The molecular weight excluding hydrogens is 368 g/mol. The highest BCUT2D eigenvalue weighted by Gasteiger charge is 2.25. The lowest BCUT2D eigenvalue weighted by atomic mass is 9.86. The number of methoxy groups -OCH3 is 1. The van der Waals surface area contributed by atoms with E-state index in [9.17, 15) is 4.79 Å². The molecule has 0 unspecified atom stereocenters. The predicted molar refractivity (Wildman–Crippen MR) is 103 cm³/mol. The number of nitrogens with zero attached hydrogens (tertiary/aromatic N) is 3. The van der Waals surface area contributed by atoms with Crippen LogP contribution in [0.3, 0.4) is 0 Å². The molecule has 1 fully saturated rings. The lowest BCUT2D eigenvalue weighted by Gasteiger charge is -2.21. The predicted octanol–water partition coefficient (Wildman–Crippen LogP) is 4.50. The number of carbonyl (C=O) groups is 1. The zero-order valence-corrected chi connectivity index (χ0v) is 16.1. The fraction of sp³-hybridized carbons (Fsp3) is 0.333. The van der Waals surface area contributed by atoms with E-state index in [1.165, 1.54) is 29.1 Å². The Morgan fingerprint density at radius 2 is 1.96 bits per heavy atom. The molecule has 1 amide bonds. The summed E-state index contributed by atoms with van der Waals surface area (Å²) >= 11 is 2.84. The molecule has 134 valence electrons. The third-order valence-electron chi connectivity index (χ3n) is 4.42. The van der Waals surface area contributed by atoms with Crippen molar-refractivity contribution in [3.63, 3.8) is 0 Å². The van der Waals surface area contributed by atoms with Crippen LogP contribution in [-0.4, -0.2) is 28.2 Å². The molecule has 6 nitrogen and oxygen atoms in total. The van der Waals surface area contributed by atoms with Gasteiger partial charge in [0.15, 0.2) is 0 Å². The second-order valence-corrected chi connectivity index (χ2v) is 8.38. The lowest BCUT2D eigenvalue weighted by molar-refractivity contribution is 0.103. The van der Waals surface area contributed by atoms with Crippen LogP contribution in [0, 0.1) is 6.92 Å². The summed E-state index contributed by atoms with van der Waals surface area (Å²) in [5.41, 5.74) is 1.56. The highest BCUT2D eigenvalue weighted by Crippen LogP contribution is 2.38. The second-order valence-electron chi connectivity index (χ2n) is 6.17. The maximum atomic E-state index is 12.8. The van der Waals surface area contributed by atoms with Crippen molar-refractivity contribution in [2.24, 2.45) is 0 Å². The molecule has 1 aliphatic carbocycles. The van der Waals surface area contributed by atoms with E-state index in [1.807, 2.05) is 31.2 Å². The average Bonchev–Trinajstić information content (AvgIpc) is 3.20. The van der Waals surface area contributed by atoms with E-state index >= 15 is 0 Å². The van der Waals surface area contributed by atoms with Gasteiger partial charge in [0.2, 0.25) is 5.13 Å². The number of anilines is 1. The molecule has 4 rings (SSSR count). The van der Waals surface area contributed by atoms with E-state index < -0.39 is 0 Å². The minimum atomic E-state index is -0.197. The number of carbonyl (C=O) groups excluding carboxylic acids is 1. The molecule has 0 saturated heterocycles. The van der Waals surface area contributed by atoms with Crippen LogP contribution in [0.4, 0.5) is 5.13 Å². The number of rotatable bonds is 5. The normalized spacial score (nSPS) is 14.1. The molecule has 1 N–H and O–H groups in total. The van der Waals surface area contributed by atoms with Crippen LogP contribution >= 0.6 is 22.7 Å². The molecule has 0 radical (unpaired) electrons. The van der Waals surface area contributed by atoms with Gasteiger partial charge in [0.25, 0.3) is 5.91 Å². The Hall–Kier alpha value is -2.32. The summed E-state index contributed by atoms with van der Waals surface area (Å²) in [5, 5.41) is 13.6. The summed E-state index contributed by atoms with van der Waals surface area (Å²) in [5.74, 6) is 1.08. The molecule has 1 aliphatic rings. The van der Waals surface area contributed by atoms with Crippen molar-refractivity contribution in [2.45, 2.75) is 32.1 Å². The van der Waals surface area contributed by atoms with E-state index in [0.29, 0.717) is 21.6 Å². The first-order chi connectivity index (χ1) is 12.6. The molecule has 26 heavy (non-hydrogen) atoms. The fourth-order valence-electron chi connectivity index (χ4n) is 2.78. The molecule has 8 heteroatoms. The monoisotopic (exact) mass is 386 g/mol. The average molecular weight is 387 g/mol. The summed E-state index contributed by atoms with van der Waals surface area (Å²) in [4.78, 5) is 17.9. The first-order valence-corrected chi connectivity index (χ1v) is 10.0. The quantitative estimate of drug-likeness (QED) is 0.699. The largest absolute Gasteiger partial charge is 0.497 e. The Balaban J connectivity index is 1.56. The Bertz CT molecular complexity index is 929. The van der Waals surface area contributed by atoms with Gasteiger partial charge in [0.1, 0.15) is 15.6 Å². The summed E-state index contributed by atoms with van der Waals surface area (Å²) in [7, 11) is 1.63. The van der Waals surface area contributed by atoms with Crippen molar-refractivity contribution in [1.82, 2.24) is 15.2 Å². The van der Waals surface area contributed by atoms with E-state index in [4.69, 9.17) is 4.74 Å². The van der Waals surface area contributed by atoms with E-state index in [-0.39, 0.29) is 5.91 Å². The highest BCUT2D eigenvalue weighted by molar-refractivity contribution is 7.16. The number of ether oxygens (including phenoxy) is 1. The Morgan fingerprint density at radius 3 is 2.62 bits per heavy atom. The summed E-state index contributed by atoms with van der Waals surface area (Å²) in [6.45, 7) is 1.90. The molecule has 0 bridgehead atoms. The molecule has 3 aromatic rings. The number of thiazole rings is 1. The van der Waals surface area contributed by atoms with Gasteiger partial charge in [0, 0.05) is 11.5 Å². The summed E-state index contributed by atoms with van der Waals surface area (Å²) < 4.78 is 5.19. The zero-order chi connectivity index (χ0) is 18.1. The number of aryl methyl sites for hydroxylation is 1. The van der Waals surface area contributed by atoms with Crippen molar-refractivity contribution in [2.75, 3.05) is 12.4 Å². The molecule has 0 spiro atoms. The van der Waals surface area contributed by atoms with Gasteiger partial charge in [-0.3, -0.25) is 10.1 Å². The van der Waals surface area contributed by atoms with Crippen molar-refractivity contribution in [3.8, 4) is 17.0 Å². The van der Waals surface area contributed by atoms with Crippen LogP contribution < -0.4 is 10.1 Å². The van der Waals surface area contributed by atoms with Crippen molar-refractivity contribution >= 4 is 33.7 Å². The summed E-state index contributed by atoms with van der Waals surface area (Å²) in [6, 6.07) is 7.54. The van der Waals surface area contributed by atoms with Gasteiger partial charge < -0.3 is 4.74 Å². The van der Waals surface area contributed by atoms with Crippen LogP contribution in [0.2, 0.25) is 0 Å². The van der Waals surface area contributed by atoms with Crippen LogP contribution in [0.5, 0.6) is 5.75 Å². The molecule has 1 aromatic carbocycles. The smallest absolute Gasteiger partial charge is 0.269 e. The van der Waals surface area contributed by atoms with E-state index in [1.54, 1.807) is 7.11 Å². The fourth-order valence-corrected chi connectivity index (χ4v) is 4.53. The summed E-state index contributed by atoms with van der Waals surface area (Å²) in [6.07, 6.45) is 3.58. The van der Waals surface area contributed by atoms with Gasteiger partial charge in [-0.2, -0.15) is 0 Å². The van der Waals surface area contributed by atoms with Gasteiger partial charge in [0.05, 0.1) is 17.8 Å². The van der Waals surface area contributed by atoms with Crippen LogP contribution in [0.15, 0.2) is 24.3 Å². The second kappa shape index (κ2) is 7.13. The lowest BCUT2D eigenvalue weighted by Crippen LogP contribution is -2.11. The van der Waals surface area contributed by atoms with Crippen molar-refractivity contribution < 1.29 is 9.53 Å². The minimum absolute atomic E-state index is 0.197. The number of nitrogens with one attached hydrogen (secondary N) is 1. The van der Waals surface area contributed by atoms with Gasteiger partial charge in [-0.1, -0.05) is 17.8 Å². The van der Waals surface area contributed by atoms with Gasteiger partial charge >= 0.3 is 0 Å². The number of aromatic nitrogens is 3. The molecule has 1 saturated carbocycles. The van der Waals surface area contributed by atoms with Crippen LogP contribution in [-0.2, 0) is 0 Å². The Morgan fingerprint density at radius 1 is 1.19 bits per heavy atom. The third kappa shape index (κ3) is 3.34. The van der Waals surface area contributed by atoms with Gasteiger partial charge in [-0.05, 0) is 44.0 Å². The topological polar surface area (TPSA) is 77.0 Å². The molecule has 2 aromatic heterocycles. The van der Waals surface area contributed by atoms with Crippen molar-refractivity contribution in [3.05, 3.63) is 39.2 Å². The number of amides is 1. The maximum absolute atomic E-state index is 12.8. The van der Waals surface area contributed by atoms with Crippen LogP contribution in [0.25, 0.3) is 11.3 Å². The first kappa shape index (κ1) is 17.1. The van der Waals surface area contributed by atoms with Crippen molar-refractivity contribution in [1.29, 1.82) is 0 Å². The number of hydrogen-bond acceptors (Lipinski definition) is 7. The Kier molecular flexibility index (Phi) is 4.69. The molecular formula is C18H18N4O2S2. The standard InChI is InChI=1S/C18H18N4O2S2/c1-10-19-14(11-6-8-13(24-2)9-7-11)15(25-10)16(23)20-18-22-21-17(26-18)12-4-3-5-12/h6-9,12H,3-5H2,1-2H3,(H,20,22,23). The molecule has 0 atom stereocenters. The van der Waals surface area contributed by atoms with E-state index in [2.05, 4.69) is 20.5 Å². The van der Waals surface area contributed by atoms with E-state index in [0.717, 1.165) is 34.2 Å². The number of hydrogen-bond donors (Lipinski definition) is 1. The first-order valence-electron chi connectivity index (χ1n) is 8.40. The van der Waals surface area contributed by atoms with Crippen LogP contribution in [0.1, 0.15) is 44.9 Å². The minimum Gasteiger partial charge on any atom is -0.497 e. The highest BCUT2D eigenvalue weighted by atomic mass is 32.1. The third-order valence-corrected chi connectivity index (χ3v) is 6.39. The van der Waals surface area contributed by atoms with Gasteiger partial charge in [-0.25, -0.2) is 4.98 Å². The number of benzene rings is 1.